The van der Waals surface area contributed by atoms with Crippen molar-refractivity contribution in [3.8, 4) is 22.9 Å². The first-order valence-electron chi connectivity index (χ1n) is 7.61. The van der Waals surface area contributed by atoms with Crippen LogP contribution in [0.4, 0.5) is 5.69 Å². The molecule has 0 aliphatic rings. The third-order valence-corrected chi connectivity index (χ3v) is 3.56. The van der Waals surface area contributed by atoms with Gasteiger partial charge in [-0.05, 0) is 12.1 Å². The molecule has 126 valence electrons. The zero-order chi connectivity index (χ0) is 17.6. The molecule has 1 amide bonds. The van der Waals surface area contributed by atoms with Crippen LogP contribution in [-0.2, 0) is 0 Å². The van der Waals surface area contributed by atoms with Crippen molar-refractivity contribution >= 4 is 11.6 Å². The molecule has 25 heavy (non-hydrogen) atoms. The van der Waals surface area contributed by atoms with Gasteiger partial charge in [0.05, 0.1) is 32.3 Å². The summed E-state index contributed by atoms with van der Waals surface area (Å²) < 4.78 is 10.4. The van der Waals surface area contributed by atoms with E-state index in [4.69, 9.17) is 9.47 Å². The van der Waals surface area contributed by atoms with E-state index in [1.807, 2.05) is 30.3 Å². The Kier molecular flexibility index (Phi) is 4.89. The summed E-state index contributed by atoms with van der Waals surface area (Å²) in [4.78, 5) is 21.0. The number of anilines is 1. The first kappa shape index (κ1) is 16.4. The molecule has 1 N–H and O–H groups in total. The predicted molar refractivity (Wildman–Crippen MR) is 95.0 cm³/mol. The predicted octanol–water partition coefficient (Wildman–Crippen LogP) is 3.41. The van der Waals surface area contributed by atoms with Crippen molar-refractivity contribution in [3.05, 3.63) is 66.5 Å². The summed E-state index contributed by atoms with van der Waals surface area (Å²) in [5.41, 5.74) is 1.84. The highest BCUT2D eigenvalue weighted by Crippen LogP contribution is 2.23. The molecule has 0 bridgehead atoms. The first-order valence-corrected chi connectivity index (χ1v) is 7.61. The molecule has 0 fully saturated rings. The van der Waals surface area contributed by atoms with E-state index in [9.17, 15) is 4.79 Å². The highest BCUT2D eigenvalue weighted by atomic mass is 16.5. The normalized spacial score (nSPS) is 10.2. The van der Waals surface area contributed by atoms with Crippen LogP contribution in [0.15, 0.2) is 60.9 Å². The quantitative estimate of drug-likeness (QED) is 0.773. The van der Waals surface area contributed by atoms with Gasteiger partial charge in [0, 0.05) is 17.2 Å². The van der Waals surface area contributed by atoms with E-state index >= 15 is 0 Å². The second kappa shape index (κ2) is 7.44. The van der Waals surface area contributed by atoms with E-state index in [2.05, 4.69) is 15.3 Å². The molecule has 0 unspecified atom stereocenters. The van der Waals surface area contributed by atoms with E-state index in [-0.39, 0.29) is 5.91 Å². The number of nitrogens with one attached hydrogen (secondary N) is 1. The Morgan fingerprint density at radius 2 is 1.52 bits per heavy atom. The lowest BCUT2D eigenvalue weighted by atomic mass is 10.2. The number of aromatic nitrogens is 2. The van der Waals surface area contributed by atoms with E-state index in [0.29, 0.717) is 28.6 Å². The molecule has 3 aromatic rings. The number of hydrogen-bond acceptors (Lipinski definition) is 5. The van der Waals surface area contributed by atoms with E-state index < -0.39 is 0 Å². The van der Waals surface area contributed by atoms with Crippen molar-refractivity contribution in [2.45, 2.75) is 0 Å². The Morgan fingerprint density at radius 3 is 2.08 bits per heavy atom. The van der Waals surface area contributed by atoms with Crippen LogP contribution in [0.25, 0.3) is 11.4 Å². The number of nitrogens with zero attached hydrogens (tertiary/aromatic N) is 2. The first-order chi connectivity index (χ1) is 12.2. The van der Waals surface area contributed by atoms with E-state index in [1.54, 1.807) is 30.6 Å². The Balaban J connectivity index is 1.77. The van der Waals surface area contributed by atoms with Gasteiger partial charge < -0.3 is 14.8 Å². The van der Waals surface area contributed by atoms with Crippen molar-refractivity contribution in [1.82, 2.24) is 9.97 Å². The monoisotopic (exact) mass is 335 g/mol. The van der Waals surface area contributed by atoms with Gasteiger partial charge in [0.25, 0.3) is 5.91 Å². The molecule has 0 atom stereocenters. The average molecular weight is 335 g/mol. The van der Waals surface area contributed by atoms with Gasteiger partial charge in [-0.3, -0.25) is 4.79 Å². The summed E-state index contributed by atoms with van der Waals surface area (Å²) in [6.07, 6.45) is 3.15. The minimum Gasteiger partial charge on any atom is -0.497 e. The van der Waals surface area contributed by atoms with Gasteiger partial charge in [-0.2, -0.15) is 0 Å². The van der Waals surface area contributed by atoms with Crippen molar-refractivity contribution in [3.63, 3.8) is 0 Å². The largest absolute Gasteiger partial charge is 0.497 e. The zero-order valence-electron chi connectivity index (χ0n) is 13.9. The van der Waals surface area contributed by atoms with Gasteiger partial charge in [-0.25, -0.2) is 9.97 Å². The number of hydrogen-bond donors (Lipinski definition) is 1. The lowest BCUT2D eigenvalue weighted by molar-refractivity contribution is 0.102. The minimum atomic E-state index is -0.298. The summed E-state index contributed by atoms with van der Waals surface area (Å²) in [5.74, 6) is 1.38. The summed E-state index contributed by atoms with van der Waals surface area (Å²) >= 11 is 0. The maximum Gasteiger partial charge on any atom is 0.256 e. The molecule has 6 heteroatoms. The minimum absolute atomic E-state index is 0.298. The van der Waals surface area contributed by atoms with Crippen LogP contribution in [0.5, 0.6) is 11.5 Å². The number of methoxy groups -OCH3 is 2. The Hall–Kier alpha value is -3.41. The third kappa shape index (κ3) is 3.92. The van der Waals surface area contributed by atoms with E-state index in [0.717, 1.165) is 5.56 Å². The van der Waals surface area contributed by atoms with Crippen LogP contribution in [0.2, 0.25) is 0 Å². The molecule has 0 aliphatic heterocycles. The average Bonchev–Trinajstić information content (AvgIpc) is 2.68. The van der Waals surface area contributed by atoms with Crippen LogP contribution in [0.1, 0.15) is 10.4 Å². The van der Waals surface area contributed by atoms with Crippen LogP contribution in [-0.4, -0.2) is 30.1 Å². The van der Waals surface area contributed by atoms with Gasteiger partial charge in [-0.15, -0.1) is 0 Å². The maximum absolute atomic E-state index is 12.4. The molecule has 3 rings (SSSR count). The third-order valence-electron chi connectivity index (χ3n) is 3.56. The standard InChI is InChI=1S/C19H17N3O3/c1-24-16-8-14(9-17(10-16)25-2)19(23)22-15-11-20-18(21-12-15)13-6-4-3-5-7-13/h3-12H,1-2H3,(H,22,23). The number of rotatable bonds is 5. The van der Waals surface area contributed by atoms with Crippen molar-refractivity contribution in [2.75, 3.05) is 19.5 Å². The maximum atomic E-state index is 12.4. The molecule has 0 radical (unpaired) electrons. The lowest BCUT2D eigenvalue weighted by Crippen LogP contribution is -2.12. The number of amides is 1. The smallest absolute Gasteiger partial charge is 0.256 e. The number of carbonyl (C=O) groups is 1. The fourth-order valence-corrected chi connectivity index (χ4v) is 2.27. The molecule has 2 aromatic carbocycles. The highest BCUT2D eigenvalue weighted by Gasteiger charge is 2.11. The second-order valence-electron chi connectivity index (χ2n) is 5.22. The molecule has 0 saturated heterocycles. The molecule has 1 aromatic heterocycles. The van der Waals surface area contributed by atoms with Crippen LogP contribution < -0.4 is 14.8 Å². The number of ether oxygens (including phenoxy) is 2. The molecule has 0 aliphatic carbocycles. The number of carbonyl (C=O) groups excluding carboxylic acids is 1. The molecule has 0 saturated carbocycles. The highest BCUT2D eigenvalue weighted by molar-refractivity contribution is 6.04. The Labute approximate surface area is 145 Å². The zero-order valence-corrected chi connectivity index (χ0v) is 13.9. The van der Waals surface area contributed by atoms with Crippen LogP contribution >= 0.6 is 0 Å². The van der Waals surface area contributed by atoms with E-state index in [1.165, 1.54) is 14.2 Å². The number of benzene rings is 2. The molecule has 1 heterocycles. The molecular weight excluding hydrogens is 318 g/mol. The summed E-state index contributed by atoms with van der Waals surface area (Å²) in [5, 5.41) is 2.76. The fraction of sp³-hybridized carbons (Fsp3) is 0.105. The molecular formula is C19H17N3O3. The summed E-state index contributed by atoms with van der Waals surface area (Å²) in [7, 11) is 3.07. The SMILES string of the molecule is COc1cc(OC)cc(C(=O)Nc2cnc(-c3ccccc3)nc2)c1. The second-order valence-corrected chi connectivity index (χ2v) is 5.22. The van der Waals surface area contributed by atoms with Gasteiger partial charge in [0.2, 0.25) is 0 Å². The van der Waals surface area contributed by atoms with Crippen LogP contribution in [0, 0.1) is 0 Å². The van der Waals surface area contributed by atoms with Crippen LogP contribution in [0.3, 0.4) is 0 Å². The summed E-state index contributed by atoms with van der Waals surface area (Å²) in [6, 6.07) is 14.6. The van der Waals surface area contributed by atoms with Gasteiger partial charge in [-0.1, -0.05) is 30.3 Å². The van der Waals surface area contributed by atoms with Crippen molar-refractivity contribution in [1.29, 1.82) is 0 Å². The fourth-order valence-electron chi connectivity index (χ4n) is 2.27. The van der Waals surface area contributed by atoms with Gasteiger partial charge in [0.1, 0.15) is 11.5 Å². The Morgan fingerprint density at radius 1 is 0.920 bits per heavy atom. The van der Waals surface area contributed by atoms with Crippen molar-refractivity contribution in [2.24, 2.45) is 0 Å². The molecule has 6 nitrogen and oxygen atoms in total. The topological polar surface area (TPSA) is 73.3 Å². The molecule has 0 spiro atoms. The van der Waals surface area contributed by atoms with Gasteiger partial charge in [0.15, 0.2) is 5.82 Å². The lowest BCUT2D eigenvalue weighted by Gasteiger charge is -2.09. The summed E-state index contributed by atoms with van der Waals surface area (Å²) in [6.45, 7) is 0. The Bertz CT molecular complexity index is 843. The van der Waals surface area contributed by atoms with Gasteiger partial charge >= 0.3 is 0 Å². The van der Waals surface area contributed by atoms with Crippen molar-refractivity contribution < 1.29 is 14.3 Å².